The zero-order valence-corrected chi connectivity index (χ0v) is 38.6. The van der Waals surface area contributed by atoms with Gasteiger partial charge in [-0.2, -0.15) is 18.4 Å². The minimum absolute atomic E-state index is 0.168. The van der Waals surface area contributed by atoms with Crippen molar-refractivity contribution in [3.05, 3.63) is 96.2 Å². The van der Waals surface area contributed by atoms with Gasteiger partial charge in [-0.25, -0.2) is 14.4 Å². The molecule has 2 saturated heterocycles. The van der Waals surface area contributed by atoms with E-state index in [4.69, 9.17) is 26.7 Å². The van der Waals surface area contributed by atoms with Crippen molar-refractivity contribution in [3.8, 4) is 34.5 Å². The van der Waals surface area contributed by atoms with E-state index in [9.17, 15) is 32.8 Å². The number of unbranched alkanes of at least 4 members (excludes halogenated alkanes) is 1. The number of hydrogen-bond acceptors (Lipinski definition) is 10. The number of likely N-dealkylation sites (tertiary alicyclic amines) is 1. The third-order valence-corrected chi connectivity index (χ3v) is 12.1. The van der Waals surface area contributed by atoms with E-state index >= 15 is 4.39 Å². The predicted molar refractivity (Wildman–Crippen MR) is 244 cm³/mol. The second kappa shape index (κ2) is 19.2. The lowest BCUT2D eigenvalue weighted by atomic mass is 9.85. The molecule has 0 aliphatic carbocycles. The quantitative estimate of drug-likeness (QED) is 0.0594. The molecule has 0 radical (unpaired) electrons. The SMILES string of the molecule is Cn1cncc1-c1c[nH]c([C@@H]2CCCN2C(=O)[C@@H](NC(=O)COCCCCOc2ccc(-c3ccc(N4C(=S)N(c5ccc(C#N)c(C(F)(F)F)c5F)C(=O)C4(C)C)cn3)cc2)C(C)(C)C)n1. The lowest BCUT2D eigenvalue weighted by Crippen LogP contribution is -2.55. The second-order valence-electron chi connectivity index (χ2n) is 17.9. The normalized spacial score (nSPS) is 16.7. The van der Waals surface area contributed by atoms with Gasteiger partial charge in [0.1, 0.15) is 41.0 Å². The summed E-state index contributed by atoms with van der Waals surface area (Å²) in [7, 11) is 1.89. The molecule has 0 unspecified atom stereocenters. The Morgan fingerprint density at radius 3 is 2.42 bits per heavy atom. The van der Waals surface area contributed by atoms with Crippen LogP contribution in [-0.2, 0) is 32.3 Å². The lowest BCUT2D eigenvalue weighted by molar-refractivity contribution is -0.141. The number of thiocarbonyl (C=S) groups is 1. The van der Waals surface area contributed by atoms with E-state index in [1.54, 1.807) is 41.7 Å². The number of amides is 3. The van der Waals surface area contributed by atoms with Crippen LogP contribution in [0.15, 0.2) is 73.4 Å². The molecule has 2 aliphatic heterocycles. The third kappa shape index (κ3) is 10.0. The lowest BCUT2D eigenvalue weighted by Gasteiger charge is -2.35. The summed E-state index contributed by atoms with van der Waals surface area (Å²) in [5, 5.41) is 11.8. The third-order valence-electron chi connectivity index (χ3n) is 11.7. The topological polar surface area (TPSA) is 175 Å². The van der Waals surface area contributed by atoms with Crippen LogP contribution in [0.2, 0.25) is 0 Å². The molecule has 5 aromatic rings. The first-order valence-corrected chi connectivity index (χ1v) is 22.0. The number of ether oxygens (including phenoxy) is 2. The number of aromatic amines is 1. The highest BCUT2D eigenvalue weighted by atomic mass is 32.1. The number of rotatable bonds is 15. The number of pyridine rings is 1. The van der Waals surface area contributed by atoms with Crippen LogP contribution in [0.25, 0.3) is 22.6 Å². The Morgan fingerprint density at radius 1 is 1.04 bits per heavy atom. The van der Waals surface area contributed by atoms with Gasteiger partial charge in [-0.1, -0.05) is 20.8 Å². The fourth-order valence-corrected chi connectivity index (χ4v) is 8.71. The van der Waals surface area contributed by atoms with Gasteiger partial charge in [-0.15, -0.1) is 0 Å². The van der Waals surface area contributed by atoms with Crippen molar-refractivity contribution in [2.24, 2.45) is 12.5 Å². The van der Waals surface area contributed by atoms with Crippen LogP contribution in [0.4, 0.5) is 28.9 Å². The van der Waals surface area contributed by atoms with Gasteiger partial charge in [0.05, 0.1) is 65.8 Å². The van der Waals surface area contributed by atoms with E-state index in [-0.39, 0.29) is 29.6 Å². The molecule has 0 saturated carbocycles. The van der Waals surface area contributed by atoms with E-state index in [1.165, 1.54) is 31.0 Å². The maximum atomic E-state index is 15.4. The molecule has 352 valence electrons. The minimum atomic E-state index is -5.19. The van der Waals surface area contributed by atoms with Crippen LogP contribution in [0.1, 0.15) is 83.3 Å². The number of carbonyl (C=O) groups excluding carboxylic acids is 3. The number of nitriles is 1. The molecule has 67 heavy (non-hydrogen) atoms. The average molecular weight is 943 g/mol. The fourth-order valence-electron chi connectivity index (χ4n) is 8.20. The van der Waals surface area contributed by atoms with Crippen molar-refractivity contribution < 1.29 is 41.4 Å². The Hall–Kier alpha value is -6.72. The standard InChI is InChI=1S/C47H50F4N10O5S/c1-45(2,3)40(42(63)59-19-9-10-35(59)41-55-24-33(56-41)36-25-53-27-58(36)6)57-37(62)26-65-20-7-8-21-66-31-15-11-28(12-16-31)32-17-14-30(23-54-32)61-44(67)60(43(64)46(61,4)5)34-18-13-29(22-52)38(39(34)48)47(49,50)51/h11-18,23-25,27,35,40H,7-10,19-21,26H2,1-6H3,(H,55,56)(H,57,62)/t35-,40+/m0/s1. The summed E-state index contributed by atoms with van der Waals surface area (Å²) in [6.07, 6.45) is 4.37. The molecule has 7 rings (SSSR count). The highest BCUT2D eigenvalue weighted by Gasteiger charge is 2.52. The van der Waals surface area contributed by atoms with Crippen LogP contribution in [-0.4, -0.2) is 90.2 Å². The Labute approximate surface area is 390 Å². The number of benzene rings is 2. The molecule has 2 aliphatic rings. The Balaban J connectivity index is 0.864. The molecule has 0 bridgehead atoms. The number of aromatic nitrogens is 5. The van der Waals surface area contributed by atoms with Gasteiger partial charge in [0.2, 0.25) is 11.8 Å². The zero-order chi connectivity index (χ0) is 48.4. The first-order chi connectivity index (χ1) is 31.7. The molecule has 3 amide bonds. The summed E-state index contributed by atoms with van der Waals surface area (Å²) < 4.78 is 70.2. The van der Waals surface area contributed by atoms with Crippen molar-refractivity contribution >= 4 is 46.4 Å². The zero-order valence-electron chi connectivity index (χ0n) is 37.8. The molecule has 2 aromatic carbocycles. The molecule has 5 heterocycles. The first kappa shape index (κ1) is 48.2. The average Bonchev–Trinajstić information content (AvgIpc) is 4.09. The van der Waals surface area contributed by atoms with Gasteiger partial charge < -0.3 is 34.1 Å². The number of hydrogen-bond donors (Lipinski definition) is 2. The molecular formula is C47H50F4N10O5S. The maximum absolute atomic E-state index is 15.4. The van der Waals surface area contributed by atoms with E-state index in [2.05, 4.69) is 20.3 Å². The predicted octanol–water partition coefficient (Wildman–Crippen LogP) is 7.89. The van der Waals surface area contributed by atoms with Gasteiger partial charge in [0, 0.05) is 32.0 Å². The van der Waals surface area contributed by atoms with E-state index < -0.39 is 51.7 Å². The Morgan fingerprint density at radius 2 is 1.78 bits per heavy atom. The molecule has 2 N–H and O–H groups in total. The van der Waals surface area contributed by atoms with Crippen molar-refractivity contribution in [3.63, 3.8) is 0 Å². The summed E-state index contributed by atoms with van der Waals surface area (Å²) in [6, 6.07) is 12.6. The highest BCUT2D eigenvalue weighted by molar-refractivity contribution is 7.81. The van der Waals surface area contributed by atoms with Crippen molar-refractivity contribution in [2.45, 2.75) is 84.1 Å². The van der Waals surface area contributed by atoms with Gasteiger partial charge in [0.25, 0.3) is 5.91 Å². The number of carbonyl (C=O) groups is 3. The summed E-state index contributed by atoms with van der Waals surface area (Å²) in [6.45, 7) is 9.83. The minimum Gasteiger partial charge on any atom is -0.494 e. The Kier molecular flexibility index (Phi) is 13.9. The molecule has 0 spiro atoms. The van der Waals surface area contributed by atoms with Crippen LogP contribution in [0.3, 0.4) is 0 Å². The largest absolute Gasteiger partial charge is 0.494 e. The van der Waals surface area contributed by atoms with Crippen LogP contribution >= 0.6 is 12.2 Å². The number of nitrogens with zero attached hydrogens (tertiary/aromatic N) is 8. The summed E-state index contributed by atoms with van der Waals surface area (Å²) in [4.78, 5) is 61.3. The summed E-state index contributed by atoms with van der Waals surface area (Å²) in [5.74, 6) is -1.78. The number of anilines is 2. The number of H-pyrrole nitrogens is 1. The van der Waals surface area contributed by atoms with Gasteiger partial charge >= 0.3 is 6.18 Å². The van der Waals surface area contributed by atoms with Gasteiger partial charge in [0.15, 0.2) is 10.9 Å². The number of aryl methyl sites for hydroxylation is 1. The number of imidazole rings is 2. The van der Waals surface area contributed by atoms with Crippen molar-refractivity contribution in [2.75, 3.05) is 36.2 Å². The Bertz CT molecular complexity index is 2690. The van der Waals surface area contributed by atoms with E-state index in [0.717, 1.165) is 41.9 Å². The molecule has 2 fully saturated rings. The highest BCUT2D eigenvalue weighted by Crippen LogP contribution is 2.42. The van der Waals surface area contributed by atoms with Crippen molar-refractivity contribution in [1.82, 2.24) is 34.7 Å². The van der Waals surface area contributed by atoms with Crippen LogP contribution < -0.4 is 19.9 Å². The van der Waals surface area contributed by atoms with E-state index in [1.807, 2.05) is 50.7 Å². The van der Waals surface area contributed by atoms with Crippen LogP contribution in [0, 0.1) is 22.6 Å². The number of halogens is 4. The monoisotopic (exact) mass is 942 g/mol. The maximum Gasteiger partial charge on any atom is 0.420 e. The van der Waals surface area contributed by atoms with Gasteiger partial charge in [-0.05, 0) is 106 Å². The summed E-state index contributed by atoms with van der Waals surface area (Å²) in [5.41, 5.74) is -2.14. The number of alkyl halides is 3. The molecule has 15 nitrogen and oxygen atoms in total. The molecule has 20 heteroatoms. The molecule has 3 aromatic heterocycles. The van der Waals surface area contributed by atoms with Gasteiger partial charge in [-0.3, -0.25) is 24.3 Å². The number of nitrogens with one attached hydrogen (secondary N) is 2. The fraction of sp³-hybridized carbons (Fsp3) is 0.404. The second-order valence-corrected chi connectivity index (χ2v) is 18.3. The molecule has 2 atom stereocenters. The van der Waals surface area contributed by atoms with E-state index in [0.29, 0.717) is 60.5 Å². The first-order valence-electron chi connectivity index (χ1n) is 21.6. The van der Waals surface area contributed by atoms with Crippen LogP contribution in [0.5, 0.6) is 5.75 Å². The summed E-state index contributed by atoms with van der Waals surface area (Å²) >= 11 is 5.54. The van der Waals surface area contributed by atoms with Crippen molar-refractivity contribution in [1.29, 1.82) is 5.26 Å². The molecular weight excluding hydrogens is 893 g/mol. The smallest absolute Gasteiger partial charge is 0.420 e.